The van der Waals surface area contributed by atoms with E-state index in [9.17, 15) is 4.39 Å². The molecule has 0 saturated heterocycles. The molecule has 1 atom stereocenters. The molecule has 0 saturated carbocycles. The topological polar surface area (TPSA) is 15.3 Å². The molecule has 1 N–H and O–H groups in total. The highest BCUT2D eigenvalue weighted by Crippen LogP contribution is 2.12. The zero-order chi connectivity index (χ0) is 13.4. The van der Waals surface area contributed by atoms with Gasteiger partial charge in [0.05, 0.1) is 0 Å². The van der Waals surface area contributed by atoms with Crippen molar-refractivity contribution >= 4 is 0 Å². The van der Waals surface area contributed by atoms with Crippen LogP contribution in [-0.2, 0) is 0 Å². The highest BCUT2D eigenvalue weighted by molar-refractivity contribution is 5.19. The van der Waals surface area contributed by atoms with Crippen LogP contribution in [0.3, 0.4) is 0 Å². The molecule has 1 unspecified atom stereocenters. The van der Waals surface area contributed by atoms with E-state index in [1.54, 1.807) is 12.1 Å². The molecular formula is C15H25FN2. The summed E-state index contributed by atoms with van der Waals surface area (Å²) < 4.78 is 13.1. The Morgan fingerprint density at radius 1 is 1.28 bits per heavy atom. The molecule has 0 fully saturated rings. The lowest BCUT2D eigenvalue weighted by Crippen LogP contribution is -2.33. The molecule has 18 heavy (non-hydrogen) atoms. The van der Waals surface area contributed by atoms with E-state index in [1.165, 1.54) is 12.5 Å². The number of benzene rings is 1. The number of hydrogen-bond donors (Lipinski definition) is 1. The third-order valence-electron chi connectivity index (χ3n) is 3.21. The second-order valence-electron chi connectivity index (χ2n) is 4.67. The Kier molecular flexibility index (Phi) is 6.91. The Labute approximate surface area is 110 Å². The van der Waals surface area contributed by atoms with Gasteiger partial charge in [-0.15, -0.1) is 0 Å². The molecule has 1 aromatic rings. The molecule has 0 radical (unpaired) electrons. The largest absolute Gasteiger partial charge is 0.309 e. The Balaban J connectivity index is 2.34. The van der Waals surface area contributed by atoms with Gasteiger partial charge in [-0.05, 0) is 44.1 Å². The average molecular weight is 252 g/mol. The second kappa shape index (κ2) is 8.22. The number of likely N-dealkylation sites (N-methyl/N-ethyl adjacent to an activating group) is 1. The molecule has 102 valence electrons. The predicted molar refractivity (Wildman–Crippen MR) is 75.2 cm³/mol. The van der Waals surface area contributed by atoms with Crippen molar-refractivity contribution in [1.82, 2.24) is 10.2 Å². The molecule has 0 heterocycles. The van der Waals surface area contributed by atoms with Gasteiger partial charge in [0.2, 0.25) is 0 Å². The molecule has 0 aliphatic heterocycles. The maximum atomic E-state index is 13.1. The van der Waals surface area contributed by atoms with Gasteiger partial charge >= 0.3 is 0 Å². The molecule has 0 spiro atoms. The highest BCUT2D eigenvalue weighted by Gasteiger charge is 2.06. The van der Waals surface area contributed by atoms with E-state index in [0.29, 0.717) is 0 Å². The molecule has 0 bridgehead atoms. The maximum Gasteiger partial charge on any atom is 0.123 e. The SMILES string of the molecule is CCCN(CC)CCNC(C)c1cccc(F)c1. The first-order valence-electron chi connectivity index (χ1n) is 6.88. The Morgan fingerprint density at radius 3 is 2.67 bits per heavy atom. The number of halogens is 1. The summed E-state index contributed by atoms with van der Waals surface area (Å²) >= 11 is 0. The molecule has 0 aliphatic rings. The van der Waals surface area contributed by atoms with E-state index in [0.717, 1.165) is 31.7 Å². The van der Waals surface area contributed by atoms with Crippen molar-refractivity contribution in [3.8, 4) is 0 Å². The molecular weight excluding hydrogens is 227 g/mol. The van der Waals surface area contributed by atoms with Crippen molar-refractivity contribution in [2.45, 2.75) is 33.2 Å². The van der Waals surface area contributed by atoms with Crippen LogP contribution in [-0.4, -0.2) is 31.1 Å². The predicted octanol–water partition coefficient (Wildman–Crippen LogP) is 3.21. The molecule has 2 nitrogen and oxygen atoms in total. The van der Waals surface area contributed by atoms with Crippen LogP contribution in [0.4, 0.5) is 4.39 Å². The molecule has 3 heteroatoms. The van der Waals surface area contributed by atoms with Gasteiger partial charge in [0.25, 0.3) is 0 Å². The van der Waals surface area contributed by atoms with Crippen molar-refractivity contribution in [2.75, 3.05) is 26.2 Å². The Bertz CT molecular complexity index is 341. The molecule has 0 aliphatic carbocycles. The minimum Gasteiger partial charge on any atom is -0.309 e. The van der Waals surface area contributed by atoms with Crippen LogP contribution in [0.5, 0.6) is 0 Å². The van der Waals surface area contributed by atoms with Crippen LogP contribution in [0.1, 0.15) is 38.8 Å². The van der Waals surface area contributed by atoms with E-state index in [2.05, 4.69) is 31.0 Å². The van der Waals surface area contributed by atoms with Gasteiger partial charge in [0.1, 0.15) is 5.82 Å². The Hall–Kier alpha value is -0.930. The summed E-state index contributed by atoms with van der Waals surface area (Å²) in [5.41, 5.74) is 1.01. The molecule has 1 aromatic carbocycles. The fourth-order valence-corrected chi connectivity index (χ4v) is 2.08. The summed E-state index contributed by atoms with van der Waals surface area (Å²) in [7, 11) is 0. The minimum absolute atomic E-state index is 0.165. The van der Waals surface area contributed by atoms with Crippen LogP contribution < -0.4 is 5.32 Å². The third-order valence-corrected chi connectivity index (χ3v) is 3.21. The maximum absolute atomic E-state index is 13.1. The van der Waals surface area contributed by atoms with Crippen LogP contribution in [0, 0.1) is 5.82 Å². The fraction of sp³-hybridized carbons (Fsp3) is 0.600. The number of rotatable bonds is 8. The van der Waals surface area contributed by atoms with Crippen LogP contribution in [0.25, 0.3) is 0 Å². The first-order valence-corrected chi connectivity index (χ1v) is 6.88. The van der Waals surface area contributed by atoms with Crippen LogP contribution in [0.15, 0.2) is 24.3 Å². The summed E-state index contributed by atoms with van der Waals surface area (Å²) in [5, 5.41) is 3.44. The monoisotopic (exact) mass is 252 g/mol. The minimum atomic E-state index is -0.165. The summed E-state index contributed by atoms with van der Waals surface area (Å²) in [6.45, 7) is 10.7. The van der Waals surface area contributed by atoms with Gasteiger partial charge in [0.15, 0.2) is 0 Å². The lowest BCUT2D eigenvalue weighted by atomic mass is 10.1. The van der Waals surface area contributed by atoms with Gasteiger partial charge in [-0.25, -0.2) is 4.39 Å². The van der Waals surface area contributed by atoms with Crippen molar-refractivity contribution in [3.63, 3.8) is 0 Å². The zero-order valence-electron chi connectivity index (χ0n) is 11.7. The summed E-state index contributed by atoms with van der Waals surface area (Å²) in [6.07, 6.45) is 1.19. The smallest absolute Gasteiger partial charge is 0.123 e. The van der Waals surface area contributed by atoms with Gasteiger partial charge in [-0.1, -0.05) is 26.0 Å². The lowest BCUT2D eigenvalue weighted by molar-refractivity contribution is 0.284. The quantitative estimate of drug-likeness (QED) is 0.764. The summed E-state index contributed by atoms with van der Waals surface area (Å²) in [5.74, 6) is -0.165. The van der Waals surface area contributed by atoms with E-state index < -0.39 is 0 Å². The number of nitrogens with one attached hydrogen (secondary N) is 1. The van der Waals surface area contributed by atoms with E-state index in [1.807, 2.05) is 6.07 Å². The lowest BCUT2D eigenvalue weighted by Gasteiger charge is -2.21. The standard InChI is InChI=1S/C15H25FN2/c1-4-10-18(5-2)11-9-17-13(3)14-7-6-8-15(16)12-14/h6-8,12-13,17H,4-5,9-11H2,1-3H3. The first kappa shape index (κ1) is 15.1. The van der Waals surface area contributed by atoms with E-state index >= 15 is 0 Å². The van der Waals surface area contributed by atoms with Crippen LogP contribution in [0.2, 0.25) is 0 Å². The molecule has 0 aromatic heterocycles. The number of hydrogen-bond acceptors (Lipinski definition) is 2. The summed E-state index contributed by atoms with van der Waals surface area (Å²) in [4.78, 5) is 2.42. The fourth-order valence-electron chi connectivity index (χ4n) is 2.08. The van der Waals surface area contributed by atoms with Crippen LogP contribution >= 0.6 is 0 Å². The Morgan fingerprint density at radius 2 is 2.06 bits per heavy atom. The van der Waals surface area contributed by atoms with Gasteiger partial charge in [-0.3, -0.25) is 0 Å². The van der Waals surface area contributed by atoms with Gasteiger partial charge < -0.3 is 10.2 Å². The second-order valence-corrected chi connectivity index (χ2v) is 4.67. The summed E-state index contributed by atoms with van der Waals surface area (Å²) in [6, 6.07) is 7.00. The van der Waals surface area contributed by atoms with Crippen molar-refractivity contribution in [3.05, 3.63) is 35.6 Å². The van der Waals surface area contributed by atoms with E-state index in [4.69, 9.17) is 0 Å². The van der Waals surface area contributed by atoms with Gasteiger partial charge in [-0.2, -0.15) is 0 Å². The van der Waals surface area contributed by atoms with Crippen molar-refractivity contribution in [1.29, 1.82) is 0 Å². The van der Waals surface area contributed by atoms with Crippen molar-refractivity contribution < 1.29 is 4.39 Å². The van der Waals surface area contributed by atoms with Crippen molar-refractivity contribution in [2.24, 2.45) is 0 Å². The first-order chi connectivity index (χ1) is 8.67. The average Bonchev–Trinajstić information content (AvgIpc) is 2.37. The normalized spacial score (nSPS) is 12.9. The zero-order valence-corrected chi connectivity index (χ0v) is 11.7. The molecule has 1 rings (SSSR count). The number of nitrogens with zero attached hydrogens (tertiary/aromatic N) is 1. The highest BCUT2D eigenvalue weighted by atomic mass is 19.1. The van der Waals surface area contributed by atoms with E-state index in [-0.39, 0.29) is 11.9 Å². The van der Waals surface area contributed by atoms with Gasteiger partial charge in [0, 0.05) is 19.1 Å². The third kappa shape index (κ3) is 5.15. The molecule has 0 amide bonds.